The van der Waals surface area contributed by atoms with Crippen molar-refractivity contribution >= 4 is 14.6 Å². The number of hydrogen-bond donors (Lipinski definition) is 1. The van der Waals surface area contributed by atoms with Crippen LogP contribution in [0.15, 0.2) is 38.8 Å². The molecule has 0 fully saturated rings. The summed E-state index contributed by atoms with van der Waals surface area (Å²) in [7, 11) is 0.458. The third kappa shape index (κ3) is 1.70. The average molecular weight is 248 g/mol. The first-order valence-corrected chi connectivity index (χ1v) is 6.97. The van der Waals surface area contributed by atoms with Crippen molar-refractivity contribution in [2.75, 3.05) is 0 Å². The fourth-order valence-electron chi connectivity index (χ4n) is 2.68. The zero-order valence-corrected chi connectivity index (χ0v) is 12.5. The smallest absolute Gasteiger partial charge is 0.0985 e. The summed E-state index contributed by atoms with van der Waals surface area (Å²) in [5, 5.41) is 3.27. The third-order valence-corrected chi connectivity index (χ3v) is 5.34. The summed E-state index contributed by atoms with van der Waals surface area (Å²) in [5.74, 6) is 0. The van der Waals surface area contributed by atoms with Crippen molar-refractivity contribution in [3.8, 4) is 0 Å². The van der Waals surface area contributed by atoms with E-state index in [4.69, 9.17) is 4.76 Å². The summed E-state index contributed by atoms with van der Waals surface area (Å²) in [4.78, 5) is 0. The SMILES string of the molecule is CC1=CC(C2(C)C(C)=C(C)C(C)=C2C)=NPN1. The van der Waals surface area contributed by atoms with Gasteiger partial charge in [-0.25, -0.2) is 4.76 Å². The molecule has 0 aromatic carbocycles. The molecule has 1 aliphatic carbocycles. The van der Waals surface area contributed by atoms with Gasteiger partial charge >= 0.3 is 0 Å². The zero-order valence-electron chi connectivity index (χ0n) is 11.5. The van der Waals surface area contributed by atoms with E-state index in [1.807, 2.05) is 0 Å². The van der Waals surface area contributed by atoms with E-state index < -0.39 is 0 Å². The Morgan fingerprint density at radius 1 is 1.06 bits per heavy atom. The number of allylic oxidation sites excluding steroid dienone is 6. The van der Waals surface area contributed by atoms with Gasteiger partial charge < -0.3 is 5.09 Å². The van der Waals surface area contributed by atoms with Crippen LogP contribution in [0, 0.1) is 5.41 Å². The van der Waals surface area contributed by atoms with Crippen LogP contribution >= 0.6 is 8.88 Å². The minimum Gasteiger partial charge on any atom is -0.352 e. The molecule has 0 bridgehead atoms. The molecule has 1 N–H and O–H groups in total. The summed E-state index contributed by atoms with van der Waals surface area (Å²) >= 11 is 0. The van der Waals surface area contributed by atoms with E-state index in [0.29, 0.717) is 8.88 Å². The third-order valence-electron chi connectivity index (χ3n) is 4.48. The van der Waals surface area contributed by atoms with Crippen LogP contribution in [-0.2, 0) is 0 Å². The van der Waals surface area contributed by atoms with Crippen LogP contribution in [0.3, 0.4) is 0 Å². The highest BCUT2D eigenvalue weighted by atomic mass is 31.1. The van der Waals surface area contributed by atoms with E-state index in [1.54, 1.807) is 0 Å². The van der Waals surface area contributed by atoms with Gasteiger partial charge in [-0.3, -0.25) is 0 Å². The number of rotatable bonds is 1. The Kier molecular flexibility index (Phi) is 3.03. The lowest BCUT2D eigenvalue weighted by Gasteiger charge is -2.31. The van der Waals surface area contributed by atoms with Gasteiger partial charge in [0.1, 0.15) is 0 Å². The fourth-order valence-corrected chi connectivity index (χ4v) is 3.40. The minimum atomic E-state index is 0.00449. The van der Waals surface area contributed by atoms with E-state index in [1.165, 1.54) is 33.7 Å². The molecule has 3 heteroatoms. The fraction of sp³-hybridized carbons (Fsp3) is 0.500. The molecule has 0 spiro atoms. The quantitative estimate of drug-likeness (QED) is 0.693. The van der Waals surface area contributed by atoms with Crippen molar-refractivity contribution in [1.29, 1.82) is 0 Å². The molecule has 2 nitrogen and oxygen atoms in total. The maximum atomic E-state index is 4.69. The lowest BCUT2D eigenvalue weighted by atomic mass is 9.75. The Hall–Kier alpha value is -0.880. The second-order valence-electron chi connectivity index (χ2n) is 5.19. The molecule has 1 unspecified atom stereocenters. The van der Waals surface area contributed by atoms with Crippen LogP contribution in [0.25, 0.3) is 0 Å². The molecule has 0 aromatic heterocycles. The minimum absolute atomic E-state index is 0.00449. The van der Waals surface area contributed by atoms with Gasteiger partial charge in [-0.15, -0.1) is 0 Å². The van der Waals surface area contributed by atoms with Gasteiger partial charge in [0.2, 0.25) is 0 Å². The van der Waals surface area contributed by atoms with Gasteiger partial charge in [0.25, 0.3) is 0 Å². The maximum Gasteiger partial charge on any atom is 0.0985 e. The second kappa shape index (κ2) is 4.10. The molecular formula is C14H21N2P. The molecule has 0 saturated carbocycles. The summed E-state index contributed by atoms with van der Waals surface area (Å²) in [5.41, 5.74) is 8.19. The lowest BCUT2D eigenvalue weighted by molar-refractivity contribution is 0.675. The summed E-state index contributed by atoms with van der Waals surface area (Å²) < 4.78 is 4.69. The van der Waals surface area contributed by atoms with Crippen molar-refractivity contribution in [1.82, 2.24) is 5.09 Å². The van der Waals surface area contributed by atoms with Crippen LogP contribution in [-0.4, -0.2) is 5.71 Å². The van der Waals surface area contributed by atoms with E-state index in [-0.39, 0.29) is 5.41 Å². The molecule has 2 rings (SSSR count). The molecule has 0 saturated heterocycles. The molecule has 1 atom stereocenters. The Morgan fingerprint density at radius 2 is 1.59 bits per heavy atom. The van der Waals surface area contributed by atoms with E-state index in [0.717, 1.165) is 0 Å². The standard InChI is InChI=1S/C14H21N2P/c1-8-7-13(16-17-15-8)14(6)11(4)9(2)10(3)12(14)5/h7,15,17H,1-6H3. The van der Waals surface area contributed by atoms with E-state index in [2.05, 4.69) is 52.7 Å². The van der Waals surface area contributed by atoms with Gasteiger partial charge in [-0.2, -0.15) is 0 Å². The lowest BCUT2D eigenvalue weighted by Crippen LogP contribution is -2.29. The average Bonchev–Trinajstić information content (AvgIpc) is 2.46. The summed E-state index contributed by atoms with van der Waals surface area (Å²) in [6, 6.07) is 0. The highest BCUT2D eigenvalue weighted by Crippen LogP contribution is 2.48. The topological polar surface area (TPSA) is 24.4 Å². The van der Waals surface area contributed by atoms with Crippen molar-refractivity contribution < 1.29 is 0 Å². The molecule has 0 amide bonds. The first-order valence-electron chi connectivity index (χ1n) is 6.02. The van der Waals surface area contributed by atoms with Gasteiger partial charge in [0.05, 0.1) is 20.0 Å². The first kappa shape index (κ1) is 12.6. The molecular weight excluding hydrogens is 227 g/mol. The van der Waals surface area contributed by atoms with Crippen molar-refractivity contribution in [2.24, 2.45) is 10.2 Å². The summed E-state index contributed by atoms with van der Waals surface area (Å²) in [6.45, 7) is 13.3. The zero-order chi connectivity index (χ0) is 12.8. The normalized spacial score (nSPS) is 25.1. The molecule has 1 heterocycles. The Bertz CT molecular complexity index is 468. The highest BCUT2D eigenvalue weighted by molar-refractivity contribution is 7.34. The van der Waals surface area contributed by atoms with Crippen molar-refractivity contribution in [2.45, 2.75) is 41.5 Å². The predicted molar refractivity (Wildman–Crippen MR) is 77.5 cm³/mol. The summed E-state index contributed by atoms with van der Waals surface area (Å²) in [6.07, 6.45) is 2.19. The van der Waals surface area contributed by atoms with Crippen molar-refractivity contribution in [3.05, 3.63) is 34.1 Å². The van der Waals surface area contributed by atoms with Crippen LogP contribution in [0.5, 0.6) is 0 Å². The monoisotopic (exact) mass is 248 g/mol. The van der Waals surface area contributed by atoms with Crippen molar-refractivity contribution in [3.63, 3.8) is 0 Å². The highest BCUT2D eigenvalue weighted by Gasteiger charge is 2.40. The molecule has 2 aliphatic rings. The first-order chi connectivity index (χ1) is 7.89. The Labute approximate surface area is 106 Å². The molecule has 0 radical (unpaired) electrons. The van der Waals surface area contributed by atoms with Gasteiger partial charge in [0.15, 0.2) is 0 Å². The predicted octanol–water partition coefficient (Wildman–Crippen LogP) is 4.14. The number of nitrogens with one attached hydrogen (secondary N) is 1. The van der Waals surface area contributed by atoms with E-state index in [9.17, 15) is 0 Å². The molecule has 1 aliphatic heterocycles. The van der Waals surface area contributed by atoms with E-state index >= 15 is 0 Å². The molecule has 92 valence electrons. The second-order valence-corrected chi connectivity index (χ2v) is 5.88. The van der Waals surface area contributed by atoms with Crippen LogP contribution in [0.1, 0.15) is 41.5 Å². The van der Waals surface area contributed by atoms with Gasteiger partial charge in [0, 0.05) is 5.70 Å². The van der Waals surface area contributed by atoms with Gasteiger partial charge in [-0.1, -0.05) is 11.1 Å². The Balaban J connectivity index is 2.56. The molecule has 0 aromatic rings. The maximum absolute atomic E-state index is 4.69. The van der Waals surface area contributed by atoms with Crippen LogP contribution in [0.2, 0.25) is 0 Å². The molecule has 17 heavy (non-hydrogen) atoms. The largest absolute Gasteiger partial charge is 0.352 e. The van der Waals surface area contributed by atoms with Crippen LogP contribution in [0.4, 0.5) is 0 Å². The van der Waals surface area contributed by atoms with Gasteiger partial charge in [-0.05, 0) is 58.8 Å². The number of nitrogens with zero attached hydrogens (tertiary/aromatic N) is 1. The number of hydrogen-bond acceptors (Lipinski definition) is 2. The van der Waals surface area contributed by atoms with Crippen LogP contribution < -0.4 is 5.09 Å². The Morgan fingerprint density at radius 3 is 2.06 bits per heavy atom.